The molecule has 1 heterocycles. The van der Waals surface area contributed by atoms with Gasteiger partial charge in [-0.25, -0.2) is 0 Å². The van der Waals surface area contributed by atoms with Crippen LogP contribution in [0.25, 0.3) is 0 Å². The fourth-order valence-electron chi connectivity index (χ4n) is 0.927. The van der Waals surface area contributed by atoms with Gasteiger partial charge in [0.1, 0.15) is 0 Å². The molecule has 0 aliphatic rings. The summed E-state index contributed by atoms with van der Waals surface area (Å²) in [6.45, 7) is 0.851. The number of hydrogen-bond donors (Lipinski definition) is 1. The lowest BCUT2D eigenvalue weighted by molar-refractivity contribution is 0.776. The van der Waals surface area contributed by atoms with Gasteiger partial charge in [0, 0.05) is 25.1 Å². The van der Waals surface area contributed by atoms with Crippen LogP contribution in [-0.2, 0) is 0 Å². The average molecular weight is 151 g/mol. The van der Waals surface area contributed by atoms with Crippen LogP contribution in [0.2, 0.25) is 0 Å². The van der Waals surface area contributed by atoms with Gasteiger partial charge in [-0.05, 0) is 19.2 Å². The highest BCUT2D eigenvalue weighted by molar-refractivity contribution is 5.43. The summed E-state index contributed by atoms with van der Waals surface area (Å²) in [7, 11) is 3.96. The Labute approximate surface area is 67.1 Å². The molecule has 11 heavy (non-hydrogen) atoms. The largest absolute Gasteiger partial charge is 0.362 e. The molecule has 0 saturated heterocycles. The van der Waals surface area contributed by atoms with Crippen molar-refractivity contribution in [1.82, 2.24) is 10.3 Å². The zero-order valence-corrected chi connectivity index (χ0v) is 6.91. The molecule has 0 spiro atoms. The summed E-state index contributed by atoms with van der Waals surface area (Å²) in [5.74, 6) is 0. The highest BCUT2D eigenvalue weighted by atomic mass is 15.2. The van der Waals surface area contributed by atoms with Crippen LogP contribution < -0.4 is 10.2 Å². The molecule has 0 saturated carbocycles. The summed E-state index contributed by atoms with van der Waals surface area (Å²) >= 11 is 0. The quantitative estimate of drug-likeness (QED) is 0.644. The summed E-state index contributed by atoms with van der Waals surface area (Å²) in [6, 6.07) is 3.97. The van der Waals surface area contributed by atoms with E-state index >= 15 is 0 Å². The van der Waals surface area contributed by atoms with Crippen molar-refractivity contribution in [1.29, 1.82) is 0 Å². The molecule has 0 aromatic carbocycles. The van der Waals surface area contributed by atoms with Crippen LogP contribution in [0.15, 0.2) is 24.5 Å². The summed E-state index contributed by atoms with van der Waals surface area (Å²) in [4.78, 5) is 6.05. The maximum Gasteiger partial charge on any atom is 0.0676 e. The molecule has 0 amide bonds. The van der Waals surface area contributed by atoms with Gasteiger partial charge in [-0.2, -0.15) is 0 Å². The zero-order valence-electron chi connectivity index (χ0n) is 6.91. The molecular weight excluding hydrogens is 138 g/mol. The maximum atomic E-state index is 3.94. The molecule has 0 aliphatic heterocycles. The highest BCUT2D eigenvalue weighted by Gasteiger charge is 1.95. The van der Waals surface area contributed by atoms with Gasteiger partial charge in [-0.1, -0.05) is 0 Å². The lowest BCUT2D eigenvalue weighted by Gasteiger charge is -2.17. The van der Waals surface area contributed by atoms with E-state index in [1.807, 2.05) is 26.2 Å². The molecule has 0 atom stereocenters. The second-order valence-corrected chi connectivity index (χ2v) is 2.42. The van der Waals surface area contributed by atoms with Gasteiger partial charge in [0.05, 0.1) is 6.67 Å². The number of aromatic nitrogens is 1. The van der Waals surface area contributed by atoms with Gasteiger partial charge in [0.2, 0.25) is 0 Å². The Morgan fingerprint density at radius 1 is 1.45 bits per heavy atom. The Morgan fingerprint density at radius 2 is 2.09 bits per heavy atom. The topological polar surface area (TPSA) is 28.2 Å². The van der Waals surface area contributed by atoms with Gasteiger partial charge in [-0.3, -0.25) is 4.98 Å². The molecule has 0 unspecified atom stereocenters. The zero-order chi connectivity index (χ0) is 8.10. The van der Waals surface area contributed by atoms with E-state index in [0.717, 1.165) is 6.67 Å². The number of hydrogen-bond acceptors (Lipinski definition) is 3. The minimum absolute atomic E-state index is 0.851. The Balaban J connectivity index is 2.61. The van der Waals surface area contributed by atoms with Crippen molar-refractivity contribution in [3.05, 3.63) is 24.5 Å². The Kier molecular flexibility index (Phi) is 2.86. The van der Waals surface area contributed by atoms with Gasteiger partial charge in [0.25, 0.3) is 0 Å². The third-order valence-corrected chi connectivity index (χ3v) is 1.50. The average Bonchev–Trinajstić information content (AvgIpc) is 2.07. The molecule has 60 valence electrons. The molecule has 3 nitrogen and oxygen atoms in total. The van der Waals surface area contributed by atoms with Crippen LogP contribution >= 0.6 is 0 Å². The van der Waals surface area contributed by atoms with Crippen LogP contribution in [0.5, 0.6) is 0 Å². The van der Waals surface area contributed by atoms with Crippen LogP contribution in [0.3, 0.4) is 0 Å². The van der Waals surface area contributed by atoms with Crippen molar-refractivity contribution in [2.75, 3.05) is 25.7 Å². The van der Waals surface area contributed by atoms with Crippen molar-refractivity contribution in [3.63, 3.8) is 0 Å². The maximum absolute atomic E-state index is 3.94. The monoisotopic (exact) mass is 151 g/mol. The number of nitrogens with one attached hydrogen (secondary N) is 1. The number of rotatable bonds is 3. The second kappa shape index (κ2) is 3.93. The first kappa shape index (κ1) is 8.01. The standard InChI is InChI=1S/C8H13N3/c1-9-7-11(2)8-3-5-10-6-4-8/h3-6,9H,7H2,1-2H3. The fraction of sp³-hybridized carbons (Fsp3) is 0.375. The van der Waals surface area contributed by atoms with Crippen molar-refractivity contribution >= 4 is 5.69 Å². The molecule has 0 bridgehead atoms. The van der Waals surface area contributed by atoms with Gasteiger partial charge in [0.15, 0.2) is 0 Å². The first-order valence-electron chi connectivity index (χ1n) is 3.60. The van der Waals surface area contributed by atoms with Crippen LogP contribution in [0.1, 0.15) is 0 Å². The van der Waals surface area contributed by atoms with E-state index in [9.17, 15) is 0 Å². The fourth-order valence-corrected chi connectivity index (χ4v) is 0.927. The van der Waals surface area contributed by atoms with Crippen LogP contribution in [-0.4, -0.2) is 25.7 Å². The smallest absolute Gasteiger partial charge is 0.0676 e. The molecule has 0 radical (unpaired) electrons. The van der Waals surface area contributed by atoms with E-state index in [2.05, 4.69) is 15.2 Å². The first-order valence-corrected chi connectivity index (χ1v) is 3.60. The van der Waals surface area contributed by atoms with Gasteiger partial charge in [-0.15, -0.1) is 0 Å². The van der Waals surface area contributed by atoms with E-state index in [-0.39, 0.29) is 0 Å². The van der Waals surface area contributed by atoms with Crippen LogP contribution in [0, 0.1) is 0 Å². The number of nitrogens with zero attached hydrogens (tertiary/aromatic N) is 2. The Bertz CT molecular complexity index is 198. The summed E-state index contributed by atoms with van der Waals surface area (Å²) in [5, 5.41) is 3.07. The predicted molar refractivity (Wildman–Crippen MR) is 46.6 cm³/mol. The van der Waals surface area contributed by atoms with Crippen molar-refractivity contribution in [2.24, 2.45) is 0 Å². The van der Waals surface area contributed by atoms with Crippen LogP contribution in [0.4, 0.5) is 5.69 Å². The number of anilines is 1. The van der Waals surface area contributed by atoms with E-state index in [0.29, 0.717) is 0 Å². The molecule has 1 rings (SSSR count). The van der Waals surface area contributed by atoms with Crippen molar-refractivity contribution in [3.8, 4) is 0 Å². The molecule has 1 aromatic rings. The molecule has 1 N–H and O–H groups in total. The lowest BCUT2D eigenvalue weighted by Crippen LogP contribution is -2.28. The number of pyridine rings is 1. The SMILES string of the molecule is CNCN(C)c1ccncc1. The second-order valence-electron chi connectivity index (χ2n) is 2.42. The Hall–Kier alpha value is -1.09. The van der Waals surface area contributed by atoms with E-state index in [1.165, 1.54) is 5.69 Å². The van der Waals surface area contributed by atoms with Crippen molar-refractivity contribution in [2.45, 2.75) is 0 Å². The first-order chi connectivity index (χ1) is 5.34. The van der Waals surface area contributed by atoms with Crippen molar-refractivity contribution < 1.29 is 0 Å². The molecule has 0 aliphatic carbocycles. The molecule has 3 heteroatoms. The lowest BCUT2D eigenvalue weighted by atomic mass is 10.4. The summed E-state index contributed by atoms with van der Waals surface area (Å²) < 4.78 is 0. The normalized spacial score (nSPS) is 9.64. The summed E-state index contributed by atoms with van der Waals surface area (Å²) in [5.41, 5.74) is 1.18. The van der Waals surface area contributed by atoms with E-state index in [4.69, 9.17) is 0 Å². The van der Waals surface area contributed by atoms with E-state index < -0.39 is 0 Å². The minimum Gasteiger partial charge on any atom is -0.362 e. The Morgan fingerprint density at radius 3 is 2.64 bits per heavy atom. The molecule has 0 fully saturated rings. The third kappa shape index (κ3) is 2.20. The summed E-state index contributed by atoms with van der Waals surface area (Å²) in [6.07, 6.45) is 3.59. The highest BCUT2D eigenvalue weighted by Crippen LogP contribution is 2.07. The van der Waals surface area contributed by atoms with E-state index in [1.54, 1.807) is 12.4 Å². The van der Waals surface area contributed by atoms with Gasteiger partial charge < -0.3 is 10.2 Å². The third-order valence-electron chi connectivity index (χ3n) is 1.50. The van der Waals surface area contributed by atoms with Gasteiger partial charge >= 0.3 is 0 Å². The minimum atomic E-state index is 0.851. The molecular formula is C8H13N3. The predicted octanol–water partition coefficient (Wildman–Crippen LogP) is 0.695. The molecule has 1 aromatic heterocycles.